The van der Waals surface area contributed by atoms with E-state index in [0.717, 1.165) is 45.1 Å². The summed E-state index contributed by atoms with van der Waals surface area (Å²) < 4.78 is 30.5. The van der Waals surface area contributed by atoms with Gasteiger partial charge in [0.05, 0.1) is 5.69 Å². The lowest BCUT2D eigenvalue weighted by atomic mass is 10.2. The van der Waals surface area contributed by atoms with Gasteiger partial charge in [-0.1, -0.05) is 18.3 Å². The van der Waals surface area contributed by atoms with Crippen LogP contribution in [0.15, 0.2) is 0 Å². The minimum atomic E-state index is -2.80. The summed E-state index contributed by atoms with van der Waals surface area (Å²) in [5.74, 6) is -2.80. The quantitative estimate of drug-likeness (QED) is 0.845. The average Bonchev–Trinajstić information content (AvgIpc) is 2.59. The monoisotopic (exact) mass is 276 g/mol. The third-order valence-corrected chi connectivity index (χ3v) is 4.04. The van der Waals surface area contributed by atoms with Gasteiger partial charge in [0.2, 0.25) is 0 Å². The van der Waals surface area contributed by atoms with Crippen LogP contribution in [0.3, 0.4) is 0 Å². The predicted molar refractivity (Wildman–Crippen MR) is 67.8 cm³/mol. The molecule has 3 nitrogen and oxygen atoms in total. The molecular formula is C12H18F2N2OS. The van der Waals surface area contributed by atoms with Crippen molar-refractivity contribution in [2.45, 2.75) is 32.6 Å². The van der Waals surface area contributed by atoms with Crippen molar-refractivity contribution < 1.29 is 13.5 Å². The van der Waals surface area contributed by atoms with Crippen LogP contribution in [-0.4, -0.2) is 42.0 Å². The average molecular weight is 276 g/mol. The largest absolute Gasteiger partial charge is 0.464 e. The fourth-order valence-corrected chi connectivity index (χ4v) is 2.90. The SMILES string of the molecule is CCN1CCc2nc(OCC(C)(F)F)sc2CC1. The van der Waals surface area contributed by atoms with Crippen molar-refractivity contribution in [2.75, 3.05) is 26.2 Å². The molecule has 0 saturated carbocycles. The Hall–Kier alpha value is -0.750. The summed E-state index contributed by atoms with van der Waals surface area (Å²) in [4.78, 5) is 7.87. The Bertz CT molecular complexity index is 378. The van der Waals surface area contributed by atoms with Crippen molar-refractivity contribution in [3.63, 3.8) is 0 Å². The fourth-order valence-electron chi connectivity index (χ4n) is 1.95. The van der Waals surface area contributed by atoms with E-state index in [4.69, 9.17) is 4.74 Å². The number of hydrogen-bond acceptors (Lipinski definition) is 4. The fraction of sp³-hybridized carbons (Fsp3) is 0.750. The second kappa shape index (κ2) is 5.48. The van der Waals surface area contributed by atoms with Gasteiger partial charge in [-0.25, -0.2) is 13.8 Å². The number of halogens is 2. The third kappa shape index (κ3) is 3.62. The van der Waals surface area contributed by atoms with Crippen LogP contribution < -0.4 is 4.74 Å². The summed E-state index contributed by atoms with van der Waals surface area (Å²) in [7, 11) is 0. The number of ether oxygens (including phenoxy) is 1. The second-order valence-corrected chi connectivity index (χ2v) is 5.69. The zero-order chi connectivity index (χ0) is 13.2. The van der Waals surface area contributed by atoms with Gasteiger partial charge in [0.1, 0.15) is 0 Å². The molecule has 0 bridgehead atoms. The van der Waals surface area contributed by atoms with Gasteiger partial charge in [0.25, 0.3) is 11.1 Å². The van der Waals surface area contributed by atoms with Crippen LogP contribution in [-0.2, 0) is 12.8 Å². The minimum Gasteiger partial charge on any atom is -0.464 e. The van der Waals surface area contributed by atoms with E-state index >= 15 is 0 Å². The maximum atomic E-state index is 12.7. The highest BCUT2D eigenvalue weighted by molar-refractivity contribution is 7.13. The molecule has 6 heteroatoms. The van der Waals surface area contributed by atoms with E-state index < -0.39 is 12.5 Å². The molecule has 2 rings (SSSR count). The Morgan fingerprint density at radius 2 is 2.11 bits per heavy atom. The number of hydrogen-bond donors (Lipinski definition) is 0. The van der Waals surface area contributed by atoms with Gasteiger partial charge in [-0.05, 0) is 13.0 Å². The standard InChI is InChI=1S/C12H18F2N2OS/c1-3-16-6-4-9-10(5-7-16)18-11(15-9)17-8-12(2,13)14/h3-8H2,1-2H3. The van der Waals surface area contributed by atoms with Gasteiger partial charge < -0.3 is 9.64 Å². The first-order chi connectivity index (χ1) is 8.48. The zero-order valence-corrected chi connectivity index (χ0v) is 11.5. The van der Waals surface area contributed by atoms with Crippen molar-refractivity contribution in [1.29, 1.82) is 0 Å². The molecule has 0 fully saturated rings. The summed E-state index contributed by atoms with van der Waals surface area (Å²) in [5.41, 5.74) is 1.02. The molecule has 1 aliphatic heterocycles. The first-order valence-corrected chi connectivity index (χ1v) is 7.01. The molecule has 2 heterocycles. The van der Waals surface area contributed by atoms with Crippen LogP contribution in [0.2, 0.25) is 0 Å². The first-order valence-electron chi connectivity index (χ1n) is 6.19. The van der Waals surface area contributed by atoms with Crippen LogP contribution in [0.25, 0.3) is 0 Å². The molecule has 1 aliphatic rings. The molecule has 0 saturated heterocycles. The molecule has 0 radical (unpaired) electrons. The van der Waals surface area contributed by atoms with Crippen molar-refractivity contribution in [1.82, 2.24) is 9.88 Å². The van der Waals surface area contributed by atoms with Gasteiger partial charge in [0, 0.05) is 31.3 Å². The minimum absolute atomic E-state index is 0.381. The first kappa shape index (κ1) is 13.7. The summed E-state index contributed by atoms with van der Waals surface area (Å²) in [5, 5.41) is 0.381. The van der Waals surface area contributed by atoms with E-state index in [1.807, 2.05) is 0 Å². The van der Waals surface area contributed by atoms with Gasteiger partial charge >= 0.3 is 0 Å². The van der Waals surface area contributed by atoms with Crippen LogP contribution in [0.4, 0.5) is 8.78 Å². The molecule has 1 aromatic rings. The topological polar surface area (TPSA) is 25.4 Å². The Morgan fingerprint density at radius 3 is 2.78 bits per heavy atom. The highest BCUT2D eigenvalue weighted by Crippen LogP contribution is 2.29. The number of thiazole rings is 1. The number of likely N-dealkylation sites (N-methyl/N-ethyl adjacent to an activating group) is 1. The summed E-state index contributed by atoms with van der Waals surface area (Å²) >= 11 is 1.41. The lowest BCUT2D eigenvalue weighted by Crippen LogP contribution is -2.25. The normalized spacial score (nSPS) is 17.3. The van der Waals surface area contributed by atoms with E-state index in [0.29, 0.717) is 5.19 Å². The molecule has 0 aromatic carbocycles. The number of alkyl halides is 2. The van der Waals surface area contributed by atoms with Gasteiger partial charge in [0.15, 0.2) is 6.61 Å². The van der Waals surface area contributed by atoms with E-state index in [2.05, 4.69) is 16.8 Å². The lowest BCUT2D eigenvalue weighted by molar-refractivity contribution is -0.0230. The third-order valence-electron chi connectivity index (χ3n) is 2.97. The Morgan fingerprint density at radius 1 is 1.39 bits per heavy atom. The maximum absolute atomic E-state index is 12.7. The van der Waals surface area contributed by atoms with Crippen molar-refractivity contribution >= 4 is 11.3 Å². The lowest BCUT2D eigenvalue weighted by Gasteiger charge is -2.16. The summed E-state index contributed by atoms with van der Waals surface area (Å²) in [6.07, 6.45) is 1.82. The van der Waals surface area contributed by atoms with Crippen molar-refractivity contribution in [3.8, 4) is 5.19 Å². The predicted octanol–water partition coefficient (Wildman–Crippen LogP) is 2.60. The zero-order valence-electron chi connectivity index (χ0n) is 10.7. The summed E-state index contributed by atoms with van der Waals surface area (Å²) in [6.45, 7) is 5.43. The van der Waals surface area contributed by atoms with E-state index in [1.54, 1.807) is 0 Å². The molecule has 102 valence electrons. The van der Waals surface area contributed by atoms with Crippen molar-refractivity contribution in [2.24, 2.45) is 0 Å². The number of rotatable bonds is 4. The molecule has 0 atom stereocenters. The highest BCUT2D eigenvalue weighted by Gasteiger charge is 2.24. The molecule has 0 spiro atoms. The second-order valence-electron chi connectivity index (χ2n) is 4.64. The smallest absolute Gasteiger partial charge is 0.278 e. The van der Waals surface area contributed by atoms with Crippen LogP contribution in [0.1, 0.15) is 24.4 Å². The van der Waals surface area contributed by atoms with Crippen LogP contribution >= 0.6 is 11.3 Å². The molecular weight excluding hydrogens is 258 g/mol. The van der Waals surface area contributed by atoms with Gasteiger partial charge in [-0.2, -0.15) is 0 Å². The number of fused-ring (bicyclic) bond motifs is 1. The van der Waals surface area contributed by atoms with Crippen molar-refractivity contribution in [3.05, 3.63) is 10.6 Å². The Labute approximate surface area is 110 Å². The Kier molecular flexibility index (Phi) is 4.17. The van der Waals surface area contributed by atoms with E-state index in [1.165, 1.54) is 16.2 Å². The molecule has 0 N–H and O–H groups in total. The van der Waals surface area contributed by atoms with Gasteiger partial charge in [-0.15, -0.1) is 0 Å². The Balaban J connectivity index is 1.98. The number of aromatic nitrogens is 1. The molecule has 18 heavy (non-hydrogen) atoms. The summed E-state index contributed by atoms with van der Waals surface area (Å²) in [6, 6.07) is 0. The molecule has 0 aliphatic carbocycles. The molecule has 1 aromatic heterocycles. The van der Waals surface area contributed by atoms with Gasteiger partial charge in [-0.3, -0.25) is 0 Å². The van der Waals surface area contributed by atoms with E-state index in [-0.39, 0.29) is 0 Å². The number of nitrogens with zero attached hydrogens (tertiary/aromatic N) is 2. The van der Waals surface area contributed by atoms with E-state index in [9.17, 15) is 8.78 Å². The van der Waals surface area contributed by atoms with Crippen LogP contribution in [0, 0.1) is 0 Å². The maximum Gasteiger partial charge on any atom is 0.278 e. The molecule has 0 amide bonds. The highest BCUT2D eigenvalue weighted by atomic mass is 32.1. The molecule has 0 unspecified atom stereocenters. The van der Waals surface area contributed by atoms with Crippen LogP contribution in [0.5, 0.6) is 5.19 Å².